The molecule has 1 aromatic rings. The van der Waals surface area contributed by atoms with Gasteiger partial charge in [-0.25, -0.2) is 9.18 Å². The molecule has 2 heterocycles. The van der Waals surface area contributed by atoms with E-state index in [0.29, 0.717) is 35.7 Å². The Balaban J connectivity index is 1.51. The van der Waals surface area contributed by atoms with E-state index >= 15 is 0 Å². The van der Waals surface area contributed by atoms with Gasteiger partial charge in [-0.05, 0) is 57.8 Å². The van der Waals surface area contributed by atoms with Gasteiger partial charge in [-0.1, -0.05) is 11.6 Å². The highest BCUT2D eigenvalue weighted by molar-refractivity contribution is 6.31. The van der Waals surface area contributed by atoms with Crippen molar-refractivity contribution >= 4 is 17.6 Å². The van der Waals surface area contributed by atoms with E-state index in [-0.39, 0.29) is 11.5 Å². The number of likely N-dealkylation sites (tertiary alicyclic amines) is 1. The maximum Gasteiger partial charge on any atom is 0.336 e. The maximum atomic E-state index is 14.0. The van der Waals surface area contributed by atoms with E-state index in [1.54, 1.807) is 6.07 Å². The third-order valence-electron chi connectivity index (χ3n) is 6.10. The minimum Gasteiger partial charge on any atom is -0.478 e. The molecule has 5 nitrogen and oxygen atoms in total. The predicted molar refractivity (Wildman–Crippen MR) is 99.2 cm³/mol. The van der Waals surface area contributed by atoms with Crippen LogP contribution in [0.15, 0.2) is 12.1 Å². The SMILES string of the molecule is CC1OC(C)(C2CCN(CC3(F)CC3)CC2)Oc2cc(Cl)cc(C(=O)O)c21. The first-order valence-electron chi connectivity index (χ1n) is 9.54. The predicted octanol–water partition coefficient (Wildman–Crippen LogP) is 4.44. The number of aromatic carboxylic acids is 1. The van der Waals surface area contributed by atoms with Gasteiger partial charge < -0.3 is 19.5 Å². The summed E-state index contributed by atoms with van der Waals surface area (Å²) in [5.41, 5.74) is -0.332. The van der Waals surface area contributed by atoms with Crippen LogP contribution < -0.4 is 4.74 Å². The molecule has 27 heavy (non-hydrogen) atoms. The maximum absolute atomic E-state index is 14.0. The highest BCUT2D eigenvalue weighted by Gasteiger charge is 2.48. The molecule has 1 saturated heterocycles. The average Bonchev–Trinajstić information content (AvgIpc) is 3.30. The van der Waals surface area contributed by atoms with Crippen molar-refractivity contribution in [1.29, 1.82) is 0 Å². The molecule has 0 amide bonds. The Morgan fingerprint density at radius 2 is 2.04 bits per heavy atom. The molecule has 7 heteroatoms. The second kappa shape index (κ2) is 6.61. The van der Waals surface area contributed by atoms with Gasteiger partial charge in [-0.3, -0.25) is 0 Å². The molecule has 2 unspecified atom stereocenters. The number of hydrogen-bond donors (Lipinski definition) is 1. The number of hydrogen-bond acceptors (Lipinski definition) is 4. The first-order chi connectivity index (χ1) is 12.7. The third-order valence-corrected chi connectivity index (χ3v) is 6.31. The summed E-state index contributed by atoms with van der Waals surface area (Å²) < 4.78 is 26.4. The van der Waals surface area contributed by atoms with Crippen molar-refractivity contribution in [1.82, 2.24) is 4.90 Å². The minimum absolute atomic E-state index is 0.111. The van der Waals surface area contributed by atoms with Crippen molar-refractivity contribution in [3.63, 3.8) is 0 Å². The molecular formula is C20H25ClFNO4. The van der Waals surface area contributed by atoms with E-state index in [1.165, 1.54) is 6.07 Å². The minimum atomic E-state index is -1.05. The van der Waals surface area contributed by atoms with Crippen LogP contribution in [-0.4, -0.2) is 47.1 Å². The van der Waals surface area contributed by atoms with Crippen LogP contribution in [0.3, 0.4) is 0 Å². The molecular weight excluding hydrogens is 373 g/mol. The quantitative estimate of drug-likeness (QED) is 0.813. The number of fused-ring (bicyclic) bond motifs is 1. The molecule has 2 atom stereocenters. The second-order valence-corrected chi connectivity index (χ2v) is 8.69. The van der Waals surface area contributed by atoms with Crippen LogP contribution in [0.2, 0.25) is 5.02 Å². The molecule has 0 aromatic heterocycles. The molecule has 1 N–H and O–H groups in total. The second-order valence-electron chi connectivity index (χ2n) is 8.25. The first-order valence-corrected chi connectivity index (χ1v) is 9.92. The third kappa shape index (κ3) is 3.67. The first kappa shape index (κ1) is 19.0. The van der Waals surface area contributed by atoms with Gasteiger partial charge in [-0.15, -0.1) is 0 Å². The van der Waals surface area contributed by atoms with E-state index in [2.05, 4.69) is 4.90 Å². The van der Waals surface area contributed by atoms with Gasteiger partial charge in [0.2, 0.25) is 5.79 Å². The largest absolute Gasteiger partial charge is 0.478 e. The summed E-state index contributed by atoms with van der Waals surface area (Å²) in [5.74, 6) is -1.29. The van der Waals surface area contributed by atoms with Crippen LogP contribution in [0.5, 0.6) is 5.75 Å². The number of carboxylic acids is 1. The molecule has 1 saturated carbocycles. The summed E-state index contributed by atoms with van der Waals surface area (Å²) in [6.07, 6.45) is 2.64. The monoisotopic (exact) mass is 397 g/mol. The zero-order chi connectivity index (χ0) is 19.4. The lowest BCUT2D eigenvalue weighted by Crippen LogP contribution is -2.51. The Morgan fingerprint density at radius 3 is 2.63 bits per heavy atom. The van der Waals surface area contributed by atoms with E-state index < -0.39 is 23.5 Å². The number of piperidine rings is 1. The van der Waals surface area contributed by atoms with E-state index in [4.69, 9.17) is 21.1 Å². The summed E-state index contributed by atoms with van der Waals surface area (Å²) >= 11 is 6.11. The van der Waals surface area contributed by atoms with Crippen molar-refractivity contribution in [2.75, 3.05) is 19.6 Å². The standard InChI is InChI=1S/C20H25ClFNO4/c1-12-17-15(18(24)25)9-14(21)10-16(17)27-19(2,26-12)13-3-7-23(8-4-13)11-20(22)5-6-20/h9-10,12-13H,3-8,11H2,1-2H3,(H,24,25). The highest BCUT2D eigenvalue weighted by Crippen LogP contribution is 2.47. The zero-order valence-corrected chi connectivity index (χ0v) is 16.4. The van der Waals surface area contributed by atoms with Gasteiger partial charge >= 0.3 is 5.97 Å². The molecule has 0 spiro atoms. The van der Waals surface area contributed by atoms with Gasteiger partial charge in [0.25, 0.3) is 0 Å². The van der Waals surface area contributed by atoms with Gasteiger partial charge in [0.05, 0.1) is 11.7 Å². The lowest BCUT2D eigenvalue weighted by atomic mass is 9.87. The Labute approximate surface area is 163 Å². The van der Waals surface area contributed by atoms with Crippen molar-refractivity contribution < 1.29 is 23.8 Å². The number of ether oxygens (including phenoxy) is 2. The smallest absolute Gasteiger partial charge is 0.336 e. The molecule has 2 aliphatic heterocycles. The van der Waals surface area contributed by atoms with Crippen molar-refractivity contribution in [2.24, 2.45) is 5.92 Å². The summed E-state index contributed by atoms with van der Waals surface area (Å²) in [6.45, 7) is 5.90. The number of rotatable bonds is 4. The number of halogens is 2. The normalized spacial score (nSPS) is 30.4. The molecule has 1 aromatic carbocycles. The van der Waals surface area contributed by atoms with Crippen LogP contribution in [-0.2, 0) is 4.74 Å². The van der Waals surface area contributed by atoms with Crippen LogP contribution in [0.25, 0.3) is 0 Å². The van der Waals surface area contributed by atoms with Crippen molar-refractivity contribution in [3.05, 3.63) is 28.3 Å². The van der Waals surface area contributed by atoms with Gasteiger partial charge in [0.15, 0.2) is 0 Å². The van der Waals surface area contributed by atoms with Crippen LogP contribution in [0.1, 0.15) is 61.6 Å². The molecule has 0 radical (unpaired) electrons. The number of alkyl halides is 1. The Kier molecular flexibility index (Phi) is 4.64. The molecule has 0 bridgehead atoms. The fraction of sp³-hybridized carbons (Fsp3) is 0.650. The highest BCUT2D eigenvalue weighted by atomic mass is 35.5. The van der Waals surface area contributed by atoms with E-state index in [0.717, 1.165) is 25.9 Å². The van der Waals surface area contributed by atoms with Gasteiger partial charge in [0.1, 0.15) is 11.4 Å². The molecule has 2 fully saturated rings. The van der Waals surface area contributed by atoms with Crippen LogP contribution >= 0.6 is 11.6 Å². The number of benzene rings is 1. The van der Waals surface area contributed by atoms with Gasteiger partial charge in [-0.2, -0.15) is 0 Å². The Bertz CT molecular complexity index is 761. The van der Waals surface area contributed by atoms with Gasteiger partial charge in [0, 0.05) is 30.0 Å². The van der Waals surface area contributed by atoms with E-state index in [9.17, 15) is 14.3 Å². The van der Waals surface area contributed by atoms with Crippen molar-refractivity contribution in [2.45, 2.75) is 57.1 Å². The van der Waals surface area contributed by atoms with Crippen LogP contribution in [0, 0.1) is 5.92 Å². The Hall–Kier alpha value is -1.37. The van der Waals surface area contributed by atoms with Crippen molar-refractivity contribution in [3.8, 4) is 5.75 Å². The lowest BCUT2D eigenvalue weighted by molar-refractivity contribution is -0.250. The molecule has 148 valence electrons. The molecule has 1 aliphatic carbocycles. The Morgan fingerprint density at radius 1 is 1.37 bits per heavy atom. The lowest BCUT2D eigenvalue weighted by Gasteiger charge is -2.46. The zero-order valence-electron chi connectivity index (χ0n) is 15.6. The number of carbonyl (C=O) groups is 1. The van der Waals surface area contributed by atoms with E-state index in [1.807, 2.05) is 13.8 Å². The topological polar surface area (TPSA) is 59.0 Å². The number of nitrogens with zero attached hydrogens (tertiary/aromatic N) is 1. The average molecular weight is 398 g/mol. The summed E-state index contributed by atoms with van der Waals surface area (Å²) in [7, 11) is 0. The summed E-state index contributed by atoms with van der Waals surface area (Å²) in [4.78, 5) is 13.8. The fourth-order valence-electron chi connectivity index (χ4n) is 4.42. The summed E-state index contributed by atoms with van der Waals surface area (Å²) in [6, 6.07) is 3.09. The number of carboxylic acid groups (broad SMARTS) is 1. The molecule has 3 aliphatic rings. The molecule has 4 rings (SSSR count). The fourth-order valence-corrected chi connectivity index (χ4v) is 4.62. The van der Waals surface area contributed by atoms with Crippen LogP contribution in [0.4, 0.5) is 4.39 Å². The summed E-state index contributed by atoms with van der Waals surface area (Å²) in [5, 5.41) is 9.81.